The van der Waals surface area contributed by atoms with Gasteiger partial charge >= 0.3 is 0 Å². The van der Waals surface area contributed by atoms with Gasteiger partial charge in [0.25, 0.3) is 0 Å². The molecule has 1 atom stereocenters. The molecule has 1 aliphatic rings. The molecule has 5 heteroatoms. The molecule has 0 unspecified atom stereocenters. The smallest absolute Gasteiger partial charge is 0.223 e. The third-order valence-electron chi connectivity index (χ3n) is 4.32. The van der Waals surface area contributed by atoms with Gasteiger partial charge in [0.15, 0.2) is 0 Å². The highest BCUT2D eigenvalue weighted by Gasteiger charge is 2.19. The fraction of sp³-hybridized carbons (Fsp3) is 0.444. The first-order valence-electron chi connectivity index (χ1n) is 8.31. The van der Waals surface area contributed by atoms with Crippen LogP contribution in [0.3, 0.4) is 0 Å². The van der Waals surface area contributed by atoms with Gasteiger partial charge in [-0.1, -0.05) is 12.1 Å². The topological polar surface area (TPSA) is 59.0 Å². The molecule has 2 N–H and O–H groups in total. The quantitative estimate of drug-likeness (QED) is 0.910. The number of carbonyl (C=O) groups excluding carboxylic acids is 1. The van der Waals surface area contributed by atoms with E-state index in [9.17, 15) is 4.79 Å². The lowest BCUT2D eigenvalue weighted by Gasteiger charge is -2.13. The van der Waals surface area contributed by atoms with Crippen molar-refractivity contribution in [3.63, 3.8) is 0 Å². The van der Waals surface area contributed by atoms with Crippen LogP contribution < -0.4 is 10.6 Å². The highest BCUT2D eigenvalue weighted by Crippen LogP contribution is 2.14. The van der Waals surface area contributed by atoms with E-state index >= 15 is 0 Å². The van der Waals surface area contributed by atoms with Crippen LogP contribution in [0.2, 0.25) is 0 Å². The van der Waals surface area contributed by atoms with Crippen molar-refractivity contribution in [2.45, 2.75) is 32.7 Å². The van der Waals surface area contributed by atoms with Crippen LogP contribution in [0.25, 0.3) is 5.69 Å². The molecule has 0 saturated carbocycles. The average Bonchev–Trinajstić information content (AvgIpc) is 2.86. The zero-order chi connectivity index (χ0) is 16.1. The summed E-state index contributed by atoms with van der Waals surface area (Å²) in [5, 5.41) is 10.8. The SMILES string of the molecule is Cc1cccc(-n2cc(CNC(=O)[C@H]3CCCNCC3)cn2)c1. The Morgan fingerprint density at radius 1 is 1.39 bits per heavy atom. The monoisotopic (exact) mass is 312 g/mol. The van der Waals surface area contributed by atoms with Gasteiger partial charge in [0.05, 0.1) is 11.9 Å². The molecule has 1 aromatic carbocycles. The van der Waals surface area contributed by atoms with E-state index in [0.29, 0.717) is 6.54 Å². The number of hydrogen-bond acceptors (Lipinski definition) is 3. The van der Waals surface area contributed by atoms with Gasteiger partial charge in [-0.3, -0.25) is 4.79 Å². The molecule has 1 amide bonds. The average molecular weight is 312 g/mol. The predicted molar refractivity (Wildman–Crippen MR) is 90.4 cm³/mol. The molecule has 23 heavy (non-hydrogen) atoms. The van der Waals surface area contributed by atoms with Crippen LogP contribution in [0.4, 0.5) is 0 Å². The number of benzene rings is 1. The van der Waals surface area contributed by atoms with E-state index in [0.717, 1.165) is 43.6 Å². The molecule has 1 aliphatic heterocycles. The maximum absolute atomic E-state index is 12.3. The van der Waals surface area contributed by atoms with E-state index in [2.05, 4.69) is 34.8 Å². The lowest BCUT2D eigenvalue weighted by atomic mass is 10.00. The summed E-state index contributed by atoms with van der Waals surface area (Å²) in [6, 6.07) is 8.21. The molecule has 0 spiro atoms. The summed E-state index contributed by atoms with van der Waals surface area (Å²) in [7, 11) is 0. The number of carbonyl (C=O) groups is 1. The Morgan fingerprint density at radius 3 is 3.17 bits per heavy atom. The first-order chi connectivity index (χ1) is 11.2. The van der Waals surface area contributed by atoms with Crippen molar-refractivity contribution in [2.24, 2.45) is 5.92 Å². The van der Waals surface area contributed by atoms with Crippen molar-refractivity contribution >= 4 is 5.91 Å². The van der Waals surface area contributed by atoms with Crippen molar-refractivity contribution in [3.05, 3.63) is 47.8 Å². The maximum atomic E-state index is 12.3. The second-order valence-electron chi connectivity index (χ2n) is 6.23. The summed E-state index contributed by atoms with van der Waals surface area (Å²) in [4.78, 5) is 12.3. The zero-order valence-corrected chi connectivity index (χ0v) is 13.6. The Hall–Kier alpha value is -2.14. The molecule has 1 saturated heterocycles. The van der Waals surface area contributed by atoms with Crippen LogP contribution in [-0.4, -0.2) is 28.8 Å². The summed E-state index contributed by atoms with van der Waals surface area (Å²) in [6.45, 7) is 4.56. The molecule has 2 heterocycles. The van der Waals surface area contributed by atoms with Crippen molar-refractivity contribution < 1.29 is 4.79 Å². The van der Waals surface area contributed by atoms with E-state index in [1.165, 1.54) is 5.56 Å². The van der Waals surface area contributed by atoms with E-state index in [1.54, 1.807) is 0 Å². The first kappa shape index (κ1) is 15.7. The second-order valence-corrected chi connectivity index (χ2v) is 6.23. The van der Waals surface area contributed by atoms with Crippen LogP contribution >= 0.6 is 0 Å². The van der Waals surface area contributed by atoms with Gasteiger partial charge in [0, 0.05) is 24.2 Å². The molecule has 122 valence electrons. The van der Waals surface area contributed by atoms with Gasteiger partial charge in [-0.15, -0.1) is 0 Å². The number of rotatable bonds is 4. The van der Waals surface area contributed by atoms with Crippen molar-refractivity contribution in [3.8, 4) is 5.69 Å². The fourth-order valence-electron chi connectivity index (χ4n) is 2.98. The highest BCUT2D eigenvalue weighted by atomic mass is 16.1. The van der Waals surface area contributed by atoms with Gasteiger partial charge in [0.2, 0.25) is 5.91 Å². The molecule has 1 fully saturated rings. The van der Waals surface area contributed by atoms with E-state index < -0.39 is 0 Å². The Kier molecular flexibility index (Phi) is 5.08. The molecule has 2 aromatic rings. The summed E-state index contributed by atoms with van der Waals surface area (Å²) >= 11 is 0. The molecule has 0 aliphatic carbocycles. The lowest BCUT2D eigenvalue weighted by Crippen LogP contribution is -2.30. The minimum atomic E-state index is 0.136. The summed E-state index contributed by atoms with van der Waals surface area (Å²) in [5.41, 5.74) is 3.26. The minimum absolute atomic E-state index is 0.136. The van der Waals surface area contributed by atoms with Gasteiger partial charge in [-0.2, -0.15) is 5.10 Å². The van der Waals surface area contributed by atoms with Crippen LogP contribution in [-0.2, 0) is 11.3 Å². The number of nitrogens with zero attached hydrogens (tertiary/aromatic N) is 2. The standard InChI is InChI=1S/C18H24N4O/c1-14-4-2-6-17(10-14)22-13-15(12-21-22)11-20-18(23)16-5-3-8-19-9-7-16/h2,4,6,10,12-13,16,19H,3,5,7-9,11H2,1H3,(H,20,23)/t16-/m0/s1. The van der Waals surface area contributed by atoms with Crippen molar-refractivity contribution in [1.29, 1.82) is 0 Å². The maximum Gasteiger partial charge on any atom is 0.223 e. The summed E-state index contributed by atoms with van der Waals surface area (Å²) in [6.07, 6.45) is 6.76. The van der Waals surface area contributed by atoms with Gasteiger partial charge < -0.3 is 10.6 Å². The number of hydrogen-bond donors (Lipinski definition) is 2. The number of amides is 1. The van der Waals surface area contributed by atoms with E-state index in [4.69, 9.17) is 0 Å². The Bertz CT molecular complexity index is 657. The number of nitrogens with one attached hydrogen (secondary N) is 2. The van der Waals surface area contributed by atoms with Crippen molar-refractivity contribution in [1.82, 2.24) is 20.4 Å². The summed E-state index contributed by atoms with van der Waals surface area (Å²) in [5.74, 6) is 0.300. The lowest BCUT2D eigenvalue weighted by molar-refractivity contribution is -0.125. The summed E-state index contributed by atoms with van der Waals surface area (Å²) < 4.78 is 1.85. The first-order valence-corrected chi connectivity index (χ1v) is 8.31. The normalized spacial score (nSPS) is 18.4. The minimum Gasteiger partial charge on any atom is -0.352 e. The van der Waals surface area contributed by atoms with Crippen LogP contribution in [0.5, 0.6) is 0 Å². The van der Waals surface area contributed by atoms with Gasteiger partial charge in [0.1, 0.15) is 0 Å². The predicted octanol–water partition coefficient (Wildman–Crippen LogP) is 2.19. The van der Waals surface area contributed by atoms with E-state index in [1.807, 2.05) is 29.2 Å². The Balaban J connectivity index is 1.57. The van der Waals surface area contributed by atoms with Gasteiger partial charge in [-0.25, -0.2) is 4.68 Å². The zero-order valence-electron chi connectivity index (χ0n) is 13.6. The van der Waals surface area contributed by atoms with Crippen LogP contribution in [0.15, 0.2) is 36.7 Å². The van der Waals surface area contributed by atoms with Crippen LogP contribution in [0.1, 0.15) is 30.4 Å². The Labute approximate surface area is 137 Å². The molecule has 1 aromatic heterocycles. The third-order valence-corrected chi connectivity index (χ3v) is 4.32. The molecular formula is C18H24N4O. The number of aromatic nitrogens is 2. The molecule has 0 bridgehead atoms. The highest BCUT2D eigenvalue weighted by molar-refractivity contribution is 5.78. The van der Waals surface area contributed by atoms with E-state index in [-0.39, 0.29) is 11.8 Å². The third kappa shape index (κ3) is 4.20. The van der Waals surface area contributed by atoms with Gasteiger partial charge in [-0.05, 0) is 57.0 Å². The molecule has 0 radical (unpaired) electrons. The molecular weight excluding hydrogens is 288 g/mol. The Morgan fingerprint density at radius 2 is 2.30 bits per heavy atom. The molecule has 3 rings (SSSR count). The van der Waals surface area contributed by atoms with Crippen LogP contribution in [0, 0.1) is 12.8 Å². The molecule has 5 nitrogen and oxygen atoms in total. The fourth-order valence-corrected chi connectivity index (χ4v) is 2.98. The second kappa shape index (κ2) is 7.42. The van der Waals surface area contributed by atoms with Crippen molar-refractivity contribution in [2.75, 3.05) is 13.1 Å². The largest absolute Gasteiger partial charge is 0.352 e. The number of aryl methyl sites for hydroxylation is 1.